The predicted octanol–water partition coefficient (Wildman–Crippen LogP) is 1.57. The highest BCUT2D eigenvalue weighted by Gasteiger charge is 2.25. The van der Waals surface area contributed by atoms with E-state index in [0.717, 1.165) is 25.4 Å². The summed E-state index contributed by atoms with van der Waals surface area (Å²) in [7, 11) is 0. The number of likely N-dealkylation sites (tertiary alicyclic amines) is 1. The first kappa shape index (κ1) is 16.6. The van der Waals surface area contributed by atoms with Crippen LogP contribution in [-0.4, -0.2) is 54.4 Å². The molecule has 0 radical (unpaired) electrons. The lowest BCUT2D eigenvalue weighted by Gasteiger charge is -2.31. The highest BCUT2D eigenvalue weighted by Crippen LogP contribution is 2.24. The summed E-state index contributed by atoms with van der Waals surface area (Å²) >= 11 is 0. The van der Waals surface area contributed by atoms with Crippen LogP contribution in [-0.2, 0) is 0 Å². The van der Waals surface area contributed by atoms with Gasteiger partial charge in [-0.25, -0.2) is 4.79 Å². The number of urea groups is 1. The Labute approximate surface area is 128 Å². The van der Waals surface area contributed by atoms with Gasteiger partial charge in [-0.2, -0.15) is 0 Å². The smallest absolute Gasteiger partial charge is 0.315 e. The molecule has 0 bridgehead atoms. The number of piperidine rings is 1. The van der Waals surface area contributed by atoms with Crippen molar-refractivity contribution in [1.82, 2.24) is 15.5 Å². The van der Waals surface area contributed by atoms with Crippen LogP contribution in [0.4, 0.5) is 4.79 Å². The molecule has 3 N–H and O–H groups in total. The van der Waals surface area contributed by atoms with E-state index in [1.807, 2.05) is 0 Å². The maximum atomic E-state index is 11.8. The van der Waals surface area contributed by atoms with Crippen molar-refractivity contribution in [3.8, 4) is 0 Å². The van der Waals surface area contributed by atoms with E-state index >= 15 is 0 Å². The topological polar surface area (TPSA) is 64.6 Å². The van der Waals surface area contributed by atoms with Crippen LogP contribution in [0.15, 0.2) is 0 Å². The molecule has 21 heavy (non-hydrogen) atoms. The van der Waals surface area contributed by atoms with Gasteiger partial charge >= 0.3 is 6.03 Å². The average molecular weight is 297 g/mol. The van der Waals surface area contributed by atoms with Gasteiger partial charge in [0.25, 0.3) is 0 Å². The van der Waals surface area contributed by atoms with Crippen LogP contribution in [0, 0.1) is 11.8 Å². The van der Waals surface area contributed by atoms with Gasteiger partial charge in [0.2, 0.25) is 0 Å². The van der Waals surface area contributed by atoms with E-state index in [-0.39, 0.29) is 6.03 Å². The molecule has 2 rings (SSSR count). The lowest BCUT2D eigenvalue weighted by Crippen LogP contribution is -2.47. The second-order valence-corrected chi connectivity index (χ2v) is 7.01. The summed E-state index contributed by atoms with van der Waals surface area (Å²) in [5.74, 6) is 1.37. The molecule has 0 aromatic heterocycles. The summed E-state index contributed by atoms with van der Waals surface area (Å²) in [4.78, 5) is 14.1. The molecule has 5 heteroatoms. The van der Waals surface area contributed by atoms with Crippen LogP contribution in [0.1, 0.15) is 46.0 Å². The Hall–Kier alpha value is -0.810. The number of hydrogen-bond acceptors (Lipinski definition) is 3. The quantitative estimate of drug-likeness (QED) is 0.722. The van der Waals surface area contributed by atoms with E-state index in [2.05, 4.69) is 29.4 Å². The fraction of sp³-hybridized carbons (Fsp3) is 0.938. The number of carbonyl (C=O) groups is 1. The van der Waals surface area contributed by atoms with Gasteiger partial charge in [-0.05, 0) is 50.6 Å². The molecule has 0 aromatic rings. The number of carbonyl (C=O) groups excluding carboxylic acids is 1. The standard InChI is InChI=1S/C16H31N3O2/c1-12-6-8-19(9-7-12)11-14(20)10-17-16(21)18-15-5-3-4-13(15)2/h12-15,20H,3-11H2,1-2H3,(H2,17,18,21). The predicted molar refractivity (Wildman–Crippen MR) is 84.2 cm³/mol. The summed E-state index contributed by atoms with van der Waals surface area (Å²) in [6.07, 6.45) is 5.40. The summed E-state index contributed by atoms with van der Waals surface area (Å²) in [6, 6.07) is 0.158. The van der Waals surface area contributed by atoms with Crippen LogP contribution < -0.4 is 10.6 Å². The fourth-order valence-corrected chi connectivity index (χ4v) is 3.40. The number of aliphatic hydroxyl groups excluding tert-OH is 1. The molecule has 2 amide bonds. The first-order valence-corrected chi connectivity index (χ1v) is 8.49. The zero-order valence-electron chi connectivity index (χ0n) is 13.5. The molecule has 5 nitrogen and oxygen atoms in total. The van der Waals surface area contributed by atoms with Crippen molar-refractivity contribution in [2.45, 2.75) is 58.1 Å². The Morgan fingerprint density at radius 2 is 1.95 bits per heavy atom. The Morgan fingerprint density at radius 3 is 2.57 bits per heavy atom. The minimum Gasteiger partial charge on any atom is -0.390 e. The average Bonchev–Trinajstić information content (AvgIpc) is 2.85. The highest BCUT2D eigenvalue weighted by molar-refractivity contribution is 5.74. The van der Waals surface area contributed by atoms with Gasteiger partial charge < -0.3 is 20.6 Å². The third kappa shape index (κ3) is 5.47. The molecule has 1 aliphatic carbocycles. The molecule has 1 heterocycles. The van der Waals surface area contributed by atoms with Gasteiger partial charge in [-0.1, -0.05) is 20.3 Å². The second kappa shape index (κ2) is 7.99. The molecule has 1 saturated heterocycles. The van der Waals surface area contributed by atoms with E-state index in [9.17, 15) is 9.90 Å². The number of hydrogen-bond donors (Lipinski definition) is 3. The van der Waals surface area contributed by atoms with Crippen molar-refractivity contribution in [3.05, 3.63) is 0 Å². The van der Waals surface area contributed by atoms with Gasteiger partial charge in [0.1, 0.15) is 0 Å². The molecule has 2 fully saturated rings. The number of rotatable bonds is 5. The molecule has 0 aromatic carbocycles. The Kier molecular flexibility index (Phi) is 6.30. The monoisotopic (exact) mass is 297 g/mol. The molecular weight excluding hydrogens is 266 g/mol. The largest absolute Gasteiger partial charge is 0.390 e. The van der Waals surface area contributed by atoms with Crippen LogP contribution in [0.2, 0.25) is 0 Å². The van der Waals surface area contributed by atoms with Crippen molar-refractivity contribution < 1.29 is 9.90 Å². The number of β-amino-alcohol motifs (C(OH)–C–C–N with tert-alkyl or cyclic N) is 1. The maximum Gasteiger partial charge on any atom is 0.315 e. The zero-order valence-corrected chi connectivity index (χ0v) is 13.5. The zero-order chi connectivity index (χ0) is 15.2. The van der Waals surface area contributed by atoms with E-state index in [4.69, 9.17) is 0 Å². The third-order valence-corrected chi connectivity index (χ3v) is 5.02. The molecule has 3 unspecified atom stereocenters. The van der Waals surface area contributed by atoms with Gasteiger partial charge in [-0.3, -0.25) is 0 Å². The summed E-state index contributed by atoms with van der Waals surface area (Å²) in [6.45, 7) is 7.58. The lowest BCUT2D eigenvalue weighted by molar-refractivity contribution is 0.0919. The molecular formula is C16H31N3O2. The normalized spacial score (nSPS) is 29.3. The highest BCUT2D eigenvalue weighted by atomic mass is 16.3. The van der Waals surface area contributed by atoms with Crippen LogP contribution >= 0.6 is 0 Å². The molecule has 1 saturated carbocycles. The Balaban J connectivity index is 1.59. The summed E-state index contributed by atoms with van der Waals surface area (Å²) in [5.41, 5.74) is 0. The van der Waals surface area contributed by atoms with Crippen molar-refractivity contribution >= 4 is 6.03 Å². The van der Waals surface area contributed by atoms with Gasteiger partial charge in [-0.15, -0.1) is 0 Å². The minimum absolute atomic E-state index is 0.139. The molecule has 0 spiro atoms. The molecule has 122 valence electrons. The van der Waals surface area contributed by atoms with Crippen LogP contribution in [0.3, 0.4) is 0 Å². The molecule has 2 aliphatic rings. The van der Waals surface area contributed by atoms with Crippen LogP contribution in [0.5, 0.6) is 0 Å². The van der Waals surface area contributed by atoms with E-state index in [1.54, 1.807) is 0 Å². The number of amides is 2. The van der Waals surface area contributed by atoms with E-state index in [1.165, 1.54) is 25.7 Å². The van der Waals surface area contributed by atoms with Gasteiger partial charge in [0, 0.05) is 19.1 Å². The van der Waals surface area contributed by atoms with Gasteiger partial charge in [0.05, 0.1) is 6.10 Å². The summed E-state index contributed by atoms with van der Waals surface area (Å²) < 4.78 is 0. The minimum atomic E-state index is -0.481. The number of aliphatic hydroxyl groups is 1. The van der Waals surface area contributed by atoms with Crippen molar-refractivity contribution in [2.24, 2.45) is 11.8 Å². The fourth-order valence-electron chi connectivity index (χ4n) is 3.40. The SMILES string of the molecule is CC1CCN(CC(O)CNC(=O)NC2CCCC2C)CC1. The number of nitrogens with zero attached hydrogens (tertiary/aromatic N) is 1. The van der Waals surface area contributed by atoms with Crippen molar-refractivity contribution in [2.75, 3.05) is 26.2 Å². The summed E-state index contributed by atoms with van der Waals surface area (Å²) in [5, 5.41) is 15.9. The van der Waals surface area contributed by atoms with E-state index in [0.29, 0.717) is 25.0 Å². The first-order chi connectivity index (χ1) is 10.0. The Morgan fingerprint density at radius 1 is 1.24 bits per heavy atom. The Bertz CT molecular complexity index is 329. The van der Waals surface area contributed by atoms with Crippen molar-refractivity contribution in [3.63, 3.8) is 0 Å². The van der Waals surface area contributed by atoms with Crippen LogP contribution in [0.25, 0.3) is 0 Å². The molecule has 1 aliphatic heterocycles. The van der Waals surface area contributed by atoms with E-state index < -0.39 is 6.10 Å². The lowest BCUT2D eigenvalue weighted by atomic mass is 9.99. The first-order valence-electron chi connectivity index (χ1n) is 8.49. The maximum absolute atomic E-state index is 11.8. The third-order valence-electron chi connectivity index (χ3n) is 5.02. The number of nitrogens with one attached hydrogen (secondary N) is 2. The molecule has 3 atom stereocenters. The van der Waals surface area contributed by atoms with Gasteiger partial charge in [0.15, 0.2) is 0 Å². The second-order valence-electron chi connectivity index (χ2n) is 7.01. The van der Waals surface area contributed by atoms with Crippen molar-refractivity contribution in [1.29, 1.82) is 0 Å².